The van der Waals surface area contributed by atoms with E-state index >= 15 is 0 Å². The Bertz CT molecular complexity index is 2020. The second-order valence-electron chi connectivity index (χ2n) is 15.7. The molecule has 0 aliphatic rings. The smallest absolute Gasteiger partial charge is 0.453 e. The molecule has 0 saturated carbocycles. The van der Waals surface area contributed by atoms with Gasteiger partial charge in [-0.05, 0) is 77.3 Å². The molecule has 4 aromatic carbocycles. The molecular formula is C41H51O8P. The van der Waals surface area contributed by atoms with Gasteiger partial charge in [-0.3, -0.25) is 0 Å². The van der Waals surface area contributed by atoms with Crippen LogP contribution in [0.15, 0.2) is 56.9 Å². The highest BCUT2D eigenvalue weighted by Gasteiger charge is 2.30. The first kappa shape index (κ1) is 36.9. The zero-order valence-electron chi connectivity index (χ0n) is 31.9. The summed E-state index contributed by atoms with van der Waals surface area (Å²) in [6.07, 6.45) is 0. The fourth-order valence-electron chi connectivity index (χ4n) is 6.08. The van der Waals surface area contributed by atoms with Crippen molar-refractivity contribution in [1.82, 2.24) is 0 Å². The van der Waals surface area contributed by atoms with Gasteiger partial charge >= 0.3 is 8.24 Å². The van der Waals surface area contributed by atoms with Crippen molar-refractivity contribution in [1.29, 1.82) is 0 Å². The Kier molecular flexibility index (Phi) is 9.85. The Morgan fingerprint density at radius 3 is 1.32 bits per heavy atom. The highest BCUT2D eigenvalue weighted by Crippen LogP contribution is 2.51. The summed E-state index contributed by atoms with van der Waals surface area (Å²) in [6.45, 7) is 21.0. The number of phenolic OH excluding ortho intramolecular Hbond substituents is 1. The van der Waals surface area contributed by atoms with Gasteiger partial charge in [0.1, 0.15) is 45.7 Å². The normalized spacial score (nSPS) is 12.3. The van der Waals surface area contributed by atoms with Crippen molar-refractivity contribution in [2.45, 2.75) is 85.5 Å². The van der Waals surface area contributed by atoms with E-state index < -0.39 is 13.7 Å². The second kappa shape index (κ2) is 13.4. The van der Waals surface area contributed by atoms with Crippen LogP contribution in [0.4, 0.5) is 0 Å². The standard InChI is InChI=1S/C41H51O8P/c1-23-15-24(43-11)16-28(35(23)42)29-17-25(44-12)20-32(39(2,3)4)36(29)47-50-48-37-30(18-26(45-13)21-33(37)40(5,6)7)31-19-27(46-14)22-34(38(31)49-50)41(8,9)10/h15-22,42H,1-14H3. The predicted molar refractivity (Wildman–Crippen MR) is 203 cm³/mol. The Labute approximate surface area is 296 Å². The number of hydrogen-bond donors (Lipinski definition) is 1. The molecule has 5 aromatic rings. The number of methoxy groups -OCH3 is 4. The van der Waals surface area contributed by atoms with E-state index in [1.807, 2.05) is 43.3 Å². The molecule has 1 heterocycles. The minimum absolute atomic E-state index is 0.110. The lowest BCUT2D eigenvalue weighted by atomic mass is 9.83. The molecule has 0 unspecified atom stereocenters. The highest BCUT2D eigenvalue weighted by atomic mass is 31.1. The van der Waals surface area contributed by atoms with Crippen molar-refractivity contribution in [2.24, 2.45) is 0 Å². The molecule has 0 saturated heterocycles. The molecule has 5 rings (SSSR count). The lowest BCUT2D eigenvalue weighted by Gasteiger charge is -2.25. The lowest BCUT2D eigenvalue weighted by molar-refractivity contribution is 0.409. The minimum atomic E-state index is -2.15. The van der Waals surface area contributed by atoms with Crippen LogP contribution in [0.3, 0.4) is 0 Å². The summed E-state index contributed by atoms with van der Waals surface area (Å²) in [7, 11) is 4.42. The van der Waals surface area contributed by atoms with Gasteiger partial charge in [-0.15, -0.1) is 0 Å². The molecule has 268 valence electrons. The van der Waals surface area contributed by atoms with Gasteiger partial charge in [0.2, 0.25) is 0 Å². The molecule has 8 nitrogen and oxygen atoms in total. The molecule has 0 amide bonds. The fraction of sp³-hybridized carbons (Fsp3) is 0.415. The maximum absolute atomic E-state index is 11.5. The molecule has 0 radical (unpaired) electrons. The number of benzene rings is 4. The third kappa shape index (κ3) is 7.09. The molecule has 0 atom stereocenters. The van der Waals surface area contributed by atoms with Crippen molar-refractivity contribution in [2.75, 3.05) is 28.4 Å². The van der Waals surface area contributed by atoms with Crippen LogP contribution in [-0.2, 0) is 16.2 Å². The summed E-state index contributed by atoms with van der Waals surface area (Å²) >= 11 is 0. The van der Waals surface area contributed by atoms with E-state index in [2.05, 4.69) is 62.3 Å². The molecule has 9 heteroatoms. The number of rotatable bonds is 7. The first-order valence-corrected chi connectivity index (χ1v) is 17.8. The molecule has 0 aliphatic heterocycles. The van der Waals surface area contributed by atoms with Gasteiger partial charge < -0.3 is 37.0 Å². The van der Waals surface area contributed by atoms with Gasteiger partial charge in [0.05, 0.1) is 28.4 Å². The molecule has 0 aliphatic carbocycles. The SMILES string of the molecule is COc1cc(C)c(O)c(-c2cc(OC)cc(C(C)(C)C)c2Op2oc3c(C(C)(C)C)cc(OC)cc3c3cc(OC)cc(C(C)(C)C)c3o2)c1. The van der Waals surface area contributed by atoms with Crippen LogP contribution in [-0.4, -0.2) is 33.5 Å². The summed E-state index contributed by atoms with van der Waals surface area (Å²) in [4.78, 5) is 0. The van der Waals surface area contributed by atoms with Gasteiger partial charge in [0, 0.05) is 38.6 Å². The largest absolute Gasteiger partial charge is 0.507 e. The topological polar surface area (TPSA) is 92.7 Å². The van der Waals surface area contributed by atoms with Crippen LogP contribution in [0, 0.1) is 6.92 Å². The van der Waals surface area contributed by atoms with Gasteiger partial charge in [-0.25, -0.2) is 0 Å². The summed E-state index contributed by atoms with van der Waals surface area (Å²) in [6, 6.07) is 15.4. The third-order valence-corrected chi connectivity index (χ3v) is 9.90. The van der Waals surface area contributed by atoms with Gasteiger partial charge in [0.15, 0.2) is 0 Å². The Morgan fingerprint density at radius 2 is 0.900 bits per heavy atom. The van der Waals surface area contributed by atoms with E-state index in [0.29, 0.717) is 56.6 Å². The van der Waals surface area contributed by atoms with Gasteiger partial charge in [-0.2, -0.15) is 0 Å². The number of hydrogen-bond acceptors (Lipinski definition) is 8. The van der Waals surface area contributed by atoms with E-state index in [-0.39, 0.29) is 16.6 Å². The van der Waals surface area contributed by atoms with Crippen LogP contribution in [0.25, 0.3) is 33.1 Å². The summed E-state index contributed by atoms with van der Waals surface area (Å²) < 4.78 is 44.1. The highest BCUT2D eigenvalue weighted by molar-refractivity contribution is 7.32. The van der Waals surface area contributed by atoms with Crippen LogP contribution in [0.5, 0.6) is 34.5 Å². The fourth-order valence-corrected chi connectivity index (χ4v) is 7.23. The van der Waals surface area contributed by atoms with E-state index in [1.54, 1.807) is 40.6 Å². The lowest BCUT2D eigenvalue weighted by Crippen LogP contribution is -2.13. The average Bonchev–Trinajstić information content (AvgIpc) is 3.19. The maximum Gasteiger partial charge on any atom is 0.453 e. The molecule has 0 fully saturated rings. The zero-order chi connectivity index (χ0) is 36.9. The van der Waals surface area contributed by atoms with Crippen molar-refractivity contribution < 1.29 is 37.0 Å². The zero-order valence-corrected chi connectivity index (χ0v) is 32.8. The summed E-state index contributed by atoms with van der Waals surface area (Å²) in [5.74, 6) is 3.24. The first-order chi connectivity index (χ1) is 23.3. The van der Waals surface area contributed by atoms with E-state index in [1.165, 1.54) is 0 Å². The Hall–Kier alpha value is -4.42. The van der Waals surface area contributed by atoms with Crippen molar-refractivity contribution >= 4 is 30.2 Å². The molecule has 1 N–H and O–H groups in total. The number of aromatic hydroxyl groups is 1. The Balaban J connectivity index is 2.00. The molecule has 1 aromatic heterocycles. The Morgan fingerprint density at radius 1 is 0.520 bits per heavy atom. The van der Waals surface area contributed by atoms with Crippen molar-refractivity contribution in [3.63, 3.8) is 0 Å². The van der Waals surface area contributed by atoms with Gasteiger partial charge in [-0.1, -0.05) is 62.3 Å². The number of fused-ring (bicyclic) bond motifs is 3. The van der Waals surface area contributed by atoms with E-state index in [0.717, 1.165) is 27.5 Å². The summed E-state index contributed by atoms with van der Waals surface area (Å²) in [5, 5.41) is 13.1. The average molecular weight is 703 g/mol. The maximum atomic E-state index is 11.5. The number of phenols is 1. The molecule has 0 bridgehead atoms. The van der Waals surface area contributed by atoms with E-state index in [9.17, 15) is 5.11 Å². The minimum Gasteiger partial charge on any atom is -0.507 e. The third-order valence-electron chi connectivity index (χ3n) is 8.91. The van der Waals surface area contributed by atoms with E-state index in [4.69, 9.17) is 31.9 Å². The number of ether oxygens (including phenoxy) is 4. The van der Waals surface area contributed by atoms with Crippen LogP contribution in [0.2, 0.25) is 0 Å². The molecule has 50 heavy (non-hydrogen) atoms. The quantitative estimate of drug-likeness (QED) is 0.179. The predicted octanol–water partition coefficient (Wildman–Crippen LogP) is 11.7. The van der Waals surface area contributed by atoms with Crippen LogP contribution >= 0.6 is 8.24 Å². The number of aryl methyl sites for hydroxylation is 1. The summed E-state index contributed by atoms with van der Waals surface area (Å²) in [5.41, 5.74) is 4.74. The molecule has 0 spiro atoms. The molecular weight excluding hydrogens is 651 g/mol. The second-order valence-corrected chi connectivity index (χ2v) is 16.7. The monoisotopic (exact) mass is 702 g/mol. The van der Waals surface area contributed by atoms with Gasteiger partial charge in [0.25, 0.3) is 0 Å². The first-order valence-electron chi connectivity index (χ1n) is 16.7. The van der Waals surface area contributed by atoms with Crippen LogP contribution < -0.4 is 23.5 Å². The van der Waals surface area contributed by atoms with Crippen molar-refractivity contribution in [3.8, 4) is 45.6 Å². The van der Waals surface area contributed by atoms with Crippen molar-refractivity contribution in [3.05, 3.63) is 70.8 Å². The van der Waals surface area contributed by atoms with Crippen LogP contribution in [0.1, 0.15) is 84.6 Å².